The third-order valence-electron chi connectivity index (χ3n) is 12.8. The Morgan fingerprint density at radius 2 is 1.83 bits per heavy atom. The third kappa shape index (κ3) is 13.8. The van der Waals surface area contributed by atoms with Crippen molar-refractivity contribution in [3.63, 3.8) is 0 Å². The Hall–Kier alpha value is -3.90. The highest BCUT2D eigenvalue weighted by Crippen LogP contribution is 2.49. The summed E-state index contributed by atoms with van der Waals surface area (Å²) in [6, 6.07) is 2.38. The molecule has 4 bridgehead atoms. The number of allylic oxidation sites excluding steroid dienone is 3. The highest BCUT2D eigenvalue weighted by atomic mass is 35.5. The lowest BCUT2D eigenvalue weighted by Crippen LogP contribution is -2.63. The van der Waals surface area contributed by atoms with Crippen molar-refractivity contribution >= 4 is 110 Å². The topological polar surface area (TPSA) is 220 Å². The summed E-state index contributed by atoms with van der Waals surface area (Å²) in [5.74, 6) is -2.49. The van der Waals surface area contributed by atoms with E-state index in [-0.39, 0.29) is 43.2 Å². The van der Waals surface area contributed by atoms with E-state index in [9.17, 15) is 38.7 Å². The van der Waals surface area contributed by atoms with E-state index in [1.807, 2.05) is 19.9 Å². The number of carbonyl (C=O) groups excluding carboxylic acids is 7. The number of likely N-dealkylation sites (N-methyl/N-ethyl adjacent to an activating group) is 1. The number of anilines is 1. The predicted molar refractivity (Wildman–Crippen MR) is 272 cm³/mol. The number of aliphatic hydroxyl groups is 1. The molecule has 10 atom stereocenters. The van der Waals surface area contributed by atoms with Crippen molar-refractivity contribution in [1.82, 2.24) is 15.1 Å². The Labute approximate surface area is 431 Å². The summed E-state index contributed by atoms with van der Waals surface area (Å²) in [5.41, 5.74) is -1.20. The van der Waals surface area contributed by atoms with Gasteiger partial charge in [-0.2, -0.15) is 0 Å². The number of halogens is 1. The van der Waals surface area contributed by atoms with E-state index in [1.54, 1.807) is 52.1 Å². The highest BCUT2D eigenvalue weighted by Gasteiger charge is 2.64. The Balaban J connectivity index is 1.28. The van der Waals surface area contributed by atoms with Crippen molar-refractivity contribution in [1.29, 1.82) is 0 Å². The number of ether oxygens (including phenoxy) is 6. The van der Waals surface area contributed by atoms with Crippen LogP contribution in [-0.4, -0.2) is 165 Å². The molecule has 6 unspecified atom stereocenters. The van der Waals surface area contributed by atoms with Gasteiger partial charge in [0.1, 0.15) is 56.1 Å². The van der Waals surface area contributed by atoms with Crippen LogP contribution >= 0.6 is 59.1 Å². The number of fused-ring (bicyclic) bond motifs is 5. The van der Waals surface area contributed by atoms with Crippen LogP contribution in [0.3, 0.4) is 0 Å². The number of amides is 5. The molecule has 4 aliphatic rings. The van der Waals surface area contributed by atoms with Gasteiger partial charge in [-0.05, 0) is 57.6 Å². The minimum atomic E-state index is -1.88. The SMILES string of the molecule is CCSC(=S)SC(C)C(=O)OCCN1C(=O)CC(SCCC(=O)N(C)C(C)C(=O)OC2CC(=O)N(C)c3cc(cc(OC)c3Cl)C/C(C)=C/C=C/[C@@H](OC)[C@@]3(O)CC(OC(=O)N3)C(C)[C@@H]3O[C@@]23C)C1=O. The Bertz CT molecular complexity index is 2250. The van der Waals surface area contributed by atoms with Crippen molar-refractivity contribution in [2.24, 2.45) is 5.92 Å². The van der Waals surface area contributed by atoms with Crippen molar-refractivity contribution in [3.8, 4) is 5.75 Å². The molecule has 5 amide bonds. The van der Waals surface area contributed by atoms with Gasteiger partial charge in [0.2, 0.25) is 23.6 Å². The van der Waals surface area contributed by atoms with Crippen LogP contribution in [0, 0.1) is 5.92 Å². The number of nitrogens with one attached hydrogen (secondary N) is 1. The first kappa shape index (κ1) is 57.0. The van der Waals surface area contributed by atoms with Gasteiger partial charge >= 0.3 is 18.0 Å². The van der Waals surface area contributed by atoms with Crippen LogP contribution in [0.25, 0.3) is 0 Å². The summed E-state index contributed by atoms with van der Waals surface area (Å²) in [7, 11) is 5.85. The van der Waals surface area contributed by atoms with Crippen molar-refractivity contribution in [3.05, 3.63) is 46.5 Å². The average Bonchev–Trinajstić information content (AvgIpc) is 3.93. The standard InChI is InChI=1S/C47H63ClN4O14S4/c1-11-68-45(67)70-28(5)43(58)63-17-16-52-38(55)22-33(41(52)56)69-18-15-36(53)50(7)27(4)42(57)65-35-23-37(54)51(8)30-20-29(21-31(61-9)39(30)48)19-25(2)13-12-14-34(62-10)47(60)24-32(64-44(59)49-47)26(3)40-46(35,6)66-40/h12-14,20-21,26-28,32-35,40,60H,11,15-19,22-24H2,1-10H3,(H,49,59)/b14-12+,25-13+/t26?,27?,28?,32?,33?,34-,35?,40+,46+,47+/m1/s1. The number of benzene rings is 1. The normalized spacial score (nSPS) is 29.1. The molecule has 0 saturated carbocycles. The number of esters is 2. The van der Waals surface area contributed by atoms with Crippen LogP contribution in [0.5, 0.6) is 5.75 Å². The smallest absolute Gasteiger partial charge is 0.409 e. The summed E-state index contributed by atoms with van der Waals surface area (Å²) in [4.78, 5) is 96.9. The van der Waals surface area contributed by atoms with Crippen LogP contribution in [0.2, 0.25) is 5.02 Å². The summed E-state index contributed by atoms with van der Waals surface area (Å²) >= 11 is 15.8. The minimum Gasteiger partial charge on any atom is -0.495 e. The molecule has 0 aromatic heterocycles. The van der Waals surface area contributed by atoms with Gasteiger partial charge in [-0.1, -0.05) is 73.2 Å². The van der Waals surface area contributed by atoms with Crippen LogP contribution in [0.15, 0.2) is 35.9 Å². The quantitative estimate of drug-likeness (QED) is 0.0731. The number of methoxy groups -OCH3 is 2. The third-order valence-corrected chi connectivity index (χ3v) is 16.9. The maximum atomic E-state index is 14.3. The van der Waals surface area contributed by atoms with E-state index in [0.717, 1.165) is 33.6 Å². The Kier molecular flexibility index (Phi) is 20.1. The average molecular weight is 1070 g/mol. The van der Waals surface area contributed by atoms with Crippen molar-refractivity contribution in [2.75, 3.05) is 57.9 Å². The van der Waals surface area contributed by atoms with Gasteiger partial charge in [-0.25, -0.2) is 9.59 Å². The van der Waals surface area contributed by atoms with Gasteiger partial charge in [0.15, 0.2) is 5.72 Å². The van der Waals surface area contributed by atoms with E-state index in [4.69, 9.17) is 52.2 Å². The highest BCUT2D eigenvalue weighted by molar-refractivity contribution is 8.47. The van der Waals surface area contributed by atoms with E-state index in [0.29, 0.717) is 21.4 Å². The van der Waals surface area contributed by atoms with Crippen LogP contribution in [0.1, 0.15) is 72.8 Å². The van der Waals surface area contributed by atoms with Gasteiger partial charge < -0.3 is 43.3 Å². The molecule has 0 aliphatic carbocycles. The number of epoxide rings is 1. The molecule has 0 spiro atoms. The van der Waals surface area contributed by atoms with Crippen molar-refractivity contribution < 1.29 is 67.1 Å². The molecule has 5 rings (SSSR count). The van der Waals surface area contributed by atoms with Gasteiger partial charge in [0, 0.05) is 52.1 Å². The number of hydrogen-bond donors (Lipinski definition) is 2. The summed E-state index contributed by atoms with van der Waals surface area (Å²) in [5, 5.41) is 13.2. The zero-order valence-electron chi connectivity index (χ0n) is 41.0. The molecule has 3 saturated heterocycles. The molecule has 4 aliphatic heterocycles. The fourth-order valence-corrected chi connectivity index (χ4v) is 12.4. The first-order valence-corrected chi connectivity index (χ1v) is 26.5. The van der Waals surface area contributed by atoms with E-state index in [1.165, 1.54) is 61.5 Å². The Morgan fingerprint density at radius 1 is 1.11 bits per heavy atom. The predicted octanol–water partition coefficient (Wildman–Crippen LogP) is 5.47. The number of alkyl carbamates (subject to hydrolysis) is 1. The molecule has 3 fully saturated rings. The van der Waals surface area contributed by atoms with Gasteiger partial charge in [-0.15, -0.1) is 23.5 Å². The van der Waals surface area contributed by atoms with Gasteiger partial charge in [0.25, 0.3) is 0 Å². The molecular formula is C47H63ClN4O14S4. The first-order chi connectivity index (χ1) is 33.0. The molecule has 2 N–H and O–H groups in total. The Morgan fingerprint density at radius 3 is 2.50 bits per heavy atom. The second-order valence-corrected chi connectivity index (χ2v) is 23.2. The summed E-state index contributed by atoms with van der Waals surface area (Å²) in [6.45, 7) is 10.2. The number of thioether (sulfide) groups is 3. The molecule has 23 heteroatoms. The van der Waals surface area contributed by atoms with E-state index in [2.05, 4.69) is 5.32 Å². The minimum absolute atomic E-state index is 0.0805. The molecular weight excluding hydrogens is 1010 g/mol. The number of thiocarbonyl (C=S) groups is 1. The maximum Gasteiger partial charge on any atom is 0.409 e. The second-order valence-electron chi connectivity index (χ2n) is 17.7. The second kappa shape index (κ2) is 24.7. The number of rotatable bonds is 15. The monoisotopic (exact) mass is 1070 g/mol. The maximum absolute atomic E-state index is 14.3. The van der Waals surface area contributed by atoms with Crippen LogP contribution < -0.4 is 15.0 Å². The number of likely N-dealkylation sites (tertiary alicyclic amines) is 1. The van der Waals surface area contributed by atoms with Crippen LogP contribution in [0.4, 0.5) is 10.5 Å². The van der Waals surface area contributed by atoms with E-state index >= 15 is 0 Å². The molecule has 18 nitrogen and oxygen atoms in total. The fourth-order valence-electron chi connectivity index (χ4n) is 8.40. The summed E-state index contributed by atoms with van der Waals surface area (Å²) in [6.07, 6.45) is 0.179. The van der Waals surface area contributed by atoms with Crippen LogP contribution in [-0.2, 0) is 58.9 Å². The molecule has 1 aromatic carbocycles. The number of carbonyl (C=O) groups is 7. The number of hydrogen-bond acceptors (Lipinski definition) is 18. The number of imide groups is 1. The lowest BCUT2D eigenvalue weighted by Gasteiger charge is -2.42. The van der Waals surface area contributed by atoms with Gasteiger partial charge in [0.05, 0.1) is 37.1 Å². The summed E-state index contributed by atoms with van der Waals surface area (Å²) < 4.78 is 35.3. The molecule has 4 heterocycles. The fraction of sp³-hybridized carbons (Fsp3) is 0.617. The molecule has 0 radical (unpaired) electrons. The zero-order chi connectivity index (χ0) is 51.8. The largest absolute Gasteiger partial charge is 0.495 e. The molecule has 386 valence electrons. The van der Waals surface area contributed by atoms with Crippen molar-refractivity contribution in [2.45, 2.75) is 126 Å². The lowest BCUT2D eigenvalue weighted by molar-refractivity contribution is -0.162. The van der Waals surface area contributed by atoms with Gasteiger partial charge in [-0.3, -0.25) is 34.2 Å². The number of nitrogens with zero attached hydrogens (tertiary/aromatic N) is 3. The molecule has 70 heavy (non-hydrogen) atoms. The van der Waals surface area contributed by atoms with E-state index < -0.39 is 106 Å². The zero-order valence-corrected chi connectivity index (χ0v) is 45.0. The first-order valence-electron chi connectivity index (χ1n) is 22.8. The molecule has 1 aromatic rings. The lowest BCUT2D eigenvalue weighted by atomic mass is 9.83.